The van der Waals surface area contributed by atoms with Crippen LogP contribution in [0.3, 0.4) is 0 Å². The van der Waals surface area contributed by atoms with Crippen LogP contribution in [0.1, 0.15) is 46.0 Å². The summed E-state index contributed by atoms with van der Waals surface area (Å²) >= 11 is 0. The van der Waals surface area contributed by atoms with Gasteiger partial charge in [-0.15, -0.1) is 0 Å². The van der Waals surface area contributed by atoms with Crippen LogP contribution in [-0.2, 0) is 4.74 Å². The molecule has 0 bridgehead atoms. The largest absolute Gasteiger partial charge is 0.377 e. The molecule has 8 atom stereocenters. The molecule has 2 saturated heterocycles. The third-order valence-corrected chi connectivity index (χ3v) is 7.47. The van der Waals surface area contributed by atoms with Gasteiger partial charge in [0.05, 0.1) is 12.3 Å². The third-order valence-electron chi connectivity index (χ3n) is 7.47. The van der Waals surface area contributed by atoms with Gasteiger partial charge in [-0.3, -0.25) is 20.9 Å². The number of likely N-dealkylation sites (N-methyl/N-ethyl adjacent to an activating group) is 1. The van der Waals surface area contributed by atoms with E-state index < -0.39 is 6.17 Å². The van der Waals surface area contributed by atoms with Crippen LogP contribution >= 0.6 is 0 Å². The highest BCUT2D eigenvalue weighted by molar-refractivity contribution is 5.18. The zero-order chi connectivity index (χ0) is 20.4. The molecule has 3 heterocycles. The smallest absolute Gasteiger partial charge is 0.124 e. The molecule has 0 aromatic carbocycles. The molecule has 6 nitrogen and oxygen atoms in total. The number of hydrogen-bond acceptors (Lipinski definition) is 6. The predicted molar refractivity (Wildman–Crippen MR) is 114 cm³/mol. The number of rotatable bonds is 5. The first-order chi connectivity index (χ1) is 14.1. The molecular formula is C22H40FN5O. The van der Waals surface area contributed by atoms with E-state index in [1.807, 2.05) is 7.05 Å². The number of ether oxygens (including phenoxy) is 1. The van der Waals surface area contributed by atoms with Gasteiger partial charge in [0, 0.05) is 31.2 Å². The fraction of sp³-hybridized carbons (Fsp3) is 0.909. The Balaban J connectivity index is 1.49. The van der Waals surface area contributed by atoms with Gasteiger partial charge in [-0.1, -0.05) is 18.6 Å². The fourth-order valence-corrected chi connectivity index (χ4v) is 5.84. The maximum atomic E-state index is 16.0. The number of halogens is 1. The molecule has 1 aliphatic carbocycles. The van der Waals surface area contributed by atoms with Crippen LogP contribution in [-0.4, -0.2) is 75.0 Å². The lowest BCUT2D eigenvalue weighted by atomic mass is 9.71. The highest BCUT2D eigenvalue weighted by atomic mass is 19.1. The van der Waals surface area contributed by atoms with E-state index in [1.54, 1.807) is 0 Å². The van der Waals surface area contributed by atoms with Gasteiger partial charge in [-0.2, -0.15) is 0 Å². The minimum absolute atomic E-state index is 0.0544. The predicted octanol–water partition coefficient (Wildman–Crippen LogP) is 1.55. The first kappa shape index (κ1) is 21.7. The van der Waals surface area contributed by atoms with Crippen LogP contribution in [0, 0.1) is 11.8 Å². The first-order valence-electron chi connectivity index (χ1n) is 11.7. The Morgan fingerprint density at radius 1 is 1.31 bits per heavy atom. The van der Waals surface area contributed by atoms with Crippen molar-refractivity contribution in [3.05, 3.63) is 11.6 Å². The minimum Gasteiger partial charge on any atom is -0.377 e. The van der Waals surface area contributed by atoms with Crippen molar-refractivity contribution >= 4 is 0 Å². The number of nitrogens with zero attached hydrogens (tertiary/aromatic N) is 1. The van der Waals surface area contributed by atoms with Gasteiger partial charge in [0.25, 0.3) is 0 Å². The SMILES string of the molecule is CCN1CC=C(C2C(F)C(NC3NC(C)CC(NC)N3)CC3CCOC32)CCC1. The highest BCUT2D eigenvalue weighted by Gasteiger charge is 2.49. The topological polar surface area (TPSA) is 60.6 Å². The Labute approximate surface area is 175 Å². The molecule has 0 aromatic heterocycles. The second-order valence-corrected chi connectivity index (χ2v) is 9.38. The maximum Gasteiger partial charge on any atom is 0.124 e. The zero-order valence-corrected chi connectivity index (χ0v) is 18.3. The Bertz CT molecular complexity index is 575. The summed E-state index contributed by atoms with van der Waals surface area (Å²) in [5, 5.41) is 14.0. The Hall–Kier alpha value is -0.570. The van der Waals surface area contributed by atoms with E-state index >= 15 is 4.39 Å². The van der Waals surface area contributed by atoms with E-state index in [-0.39, 0.29) is 30.5 Å². The normalized spacial score (nSPS) is 44.2. The van der Waals surface area contributed by atoms with Crippen LogP contribution in [0.15, 0.2) is 11.6 Å². The lowest BCUT2D eigenvalue weighted by Crippen LogP contribution is -2.69. The molecule has 0 aromatic rings. The van der Waals surface area contributed by atoms with Crippen molar-refractivity contribution in [2.24, 2.45) is 11.8 Å². The molecule has 3 aliphatic heterocycles. The molecule has 8 unspecified atom stereocenters. The summed E-state index contributed by atoms with van der Waals surface area (Å²) in [4.78, 5) is 2.45. The molecule has 1 saturated carbocycles. The van der Waals surface area contributed by atoms with Crippen molar-refractivity contribution in [1.82, 2.24) is 26.2 Å². The Morgan fingerprint density at radius 3 is 2.97 bits per heavy atom. The van der Waals surface area contributed by atoms with Gasteiger partial charge in [-0.25, -0.2) is 4.39 Å². The van der Waals surface area contributed by atoms with Crippen molar-refractivity contribution in [3.8, 4) is 0 Å². The second kappa shape index (κ2) is 9.71. The molecule has 0 spiro atoms. The van der Waals surface area contributed by atoms with E-state index in [9.17, 15) is 0 Å². The quantitative estimate of drug-likeness (QED) is 0.517. The average molecular weight is 410 g/mol. The minimum atomic E-state index is -0.914. The van der Waals surface area contributed by atoms with Crippen molar-refractivity contribution < 1.29 is 9.13 Å². The molecule has 29 heavy (non-hydrogen) atoms. The summed E-state index contributed by atoms with van der Waals surface area (Å²) < 4.78 is 22.1. The molecule has 0 radical (unpaired) electrons. The fourth-order valence-electron chi connectivity index (χ4n) is 5.84. The molecule has 7 heteroatoms. The molecule has 4 rings (SSSR count). The van der Waals surface area contributed by atoms with Crippen LogP contribution in [0.5, 0.6) is 0 Å². The molecule has 166 valence electrons. The molecular weight excluding hydrogens is 369 g/mol. The summed E-state index contributed by atoms with van der Waals surface area (Å²) in [6.45, 7) is 8.28. The summed E-state index contributed by atoms with van der Waals surface area (Å²) in [5.74, 6) is 0.351. The summed E-state index contributed by atoms with van der Waals surface area (Å²) in [7, 11) is 1.97. The molecule has 0 amide bonds. The number of nitrogens with one attached hydrogen (secondary N) is 4. The van der Waals surface area contributed by atoms with Gasteiger partial charge in [0.1, 0.15) is 12.5 Å². The molecule has 3 fully saturated rings. The van der Waals surface area contributed by atoms with E-state index in [0.717, 1.165) is 58.3 Å². The lowest BCUT2D eigenvalue weighted by molar-refractivity contribution is -0.0262. The van der Waals surface area contributed by atoms with E-state index in [1.165, 1.54) is 5.57 Å². The first-order valence-corrected chi connectivity index (χ1v) is 11.7. The maximum absolute atomic E-state index is 16.0. The van der Waals surface area contributed by atoms with Crippen LogP contribution in [0.2, 0.25) is 0 Å². The van der Waals surface area contributed by atoms with E-state index in [0.29, 0.717) is 12.0 Å². The van der Waals surface area contributed by atoms with Gasteiger partial charge in [0.2, 0.25) is 0 Å². The Morgan fingerprint density at radius 2 is 2.17 bits per heavy atom. The van der Waals surface area contributed by atoms with Crippen molar-refractivity contribution in [3.63, 3.8) is 0 Å². The van der Waals surface area contributed by atoms with Gasteiger partial charge in [-0.05, 0) is 65.1 Å². The number of fused-ring (bicyclic) bond motifs is 1. The number of alkyl halides is 1. The van der Waals surface area contributed by atoms with Gasteiger partial charge >= 0.3 is 0 Å². The van der Waals surface area contributed by atoms with Gasteiger partial charge < -0.3 is 10.1 Å². The lowest BCUT2D eigenvalue weighted by Gasteiger charge is -2.45. The summed E-state index contributed by atoms with van der Waals surface area (Å²) in [6.07, 6.45) is 6.67. The Kier molecular flexibility index (Phi) is 7.25. The summed E-state index contributed by atoms with van der Waals surface area (Å²) in [5.41, 5.74) is 1.29. The molecule has 4 aliphatic rings. The second-order valence-electron chi connectivity index (χ2n) is 9.38. The highest BCUT2D eigenvalue weighted by Crippen LogP contribution is 2.44. The van der Waals surface area contributed by atoms with Crippen molar-refractivity contribution in [2.75, 3.05) is 33.3 Å². The van der Waals surface area contributed by atoms with Crippen molar-refractivity contribution in [2.45, 2.75) is 82.8 Å². The van der Waals surface area contributed by atoms with E-state index in [2.05, 4.69) is 46.1 Å². The van der Waals surface area contributed by atoms with Crippen molar-refractivity contribution in [1.29, 1.82) is 0 Å². The third kappa shape index (κ3) is 4.86. The monoisotopic (exact) mass is 409 g/mol. The summed E-state index contributed by atoms with van der Waals surface area (Å²) in [6, 6.07) is 0.234. The van der Waals surface area contributed by atoms with Gasteiger partial charge in [0.15, 0.2) is 0 Å². The van der Waals surface area contributed by atoms with E-state index in [4.69, 9.17) is 4.74 Å². The van der Waals surface area contributed by atoms with Crippen LogP contribution in [0.4, 0.5) is 4.39 Å². The van der Waals surface area contributed by atoms with Crippen LogP contribution in [0.25, 0.3) is 0 Å². The standard InChI is InChI=1S/C22H40FN5O/c1-4-28-9-5-6-15(7-10-28)19-20(23)17(13-16-8-11-29-21(16)19)26-22-25-14(2)12-18(24-3)27-22/h7,14,16-22,24-27H,4-6,8-13H2,1-3H3. The zero-order valence-electron chi connectivity index (χ0n) is 18.3. The average Bonchev–Trinajstić information content (AvgIpc) is 3.04. The molecule has 4 N–H and O–H groups in total. The number of hydrogen-bond donors (Lipinski definition) is 4. The van der Waals surface area contributed by atoms with Crippen LogP contribution < -0.4 is 21.3 Å².